The Morgan fingerprint density at radius 1 is 1.15 bits per heavy atom. The number of hydrogen-bond acceptors (Lipinski definition) is 3. The van der Waals surface area contributed by atoms with Crippen LogP contribution in [0.4, 0.5) is 0 Å². The number of pyridine rings is 2. The Balaban J connectivity index is 2.09. The molecule has 0 amide bonds. The van der Waals surface area contributed by atoms with Crippen LogP contribution in [-0.4, -0.2) is 16.2 Å². The predicted octanol–water partition coefficient (Wildman–Crippen LogP) is 5.11. The summed E-state index contributed by atoms with van der Waals surface area (Å²) in [6.07, 6.45) is 2.82. The van der Waals surface area contributed by atoms with Gasteiger partial charge in [-0.05, 0) is 48.8 Å². The van der Waals surface area contributed by atoms with E-state index in [0.29, 0.717) is 34.6 Å². The summed E-state index contributed by atoms with van der Waals surface area (Å²) in [6.45, 7) is 9.08. The number of aromatic nitrogens is 2. The summed E-state index contributed by atoms with van der Waals surface area (Å²) in [4.78, 5) is 17.1. The van der Waals surface area contributed by atoms with Gasteiger partial charge in [0.15, 0.2) is 0 Å². The average Bonchev–Trinajstić information content (AvgIpc) is 2.57. The molecular weight excluding hydrogens is 348 g/mol. The largest absolute Gasteiger partial charge is 0.492 e. The Labute approximate surface area is 158 Å². The first kappa shape index (κ1) is 18.7. The van der Waals surface area contributed by atoms with Gasteiger partial charge in [-0.2, -0.15) is 0 Å². The molecule has 0 saturated carbocycles. The molecular formula is C21H25ClN2O2. The molecule has 1 aromatic carbocycles. The zero-order valence-corrected chi connectivity index (χ0v) is 16.7. The summed E-state index contributed by atoms with van der Waals surface area (Å²) in [7, 11) is 1.76. The van der Waals surface area contributed by atoms with E-state index in [-0.39, 0.29) is 5.56 Å². The minimum Gasteiger partial charge on any atom is -0.492 e. The van der Waals surface area contributed by atoms with E-state index < -0.39 is 0 Å². The quantitative estimate of drug-likeness (QED) is 0.584. The number of aryl methyl sites for hydroxylation is 2. The first-order chi connectivity index (χ1) is 12.3. The van der Waals surface area contributed by atoms with E-state index in [2.05, 4.69) is 25.8 Å². The van der Waals surface area contributed by atoms with E-state index in [1.54, 1.807) is 23.9 Å². The van der Waals surface area contributed by atoms with Crippen LogP contribution in [0.5, 0.6) is 5.75 Å². The highest BCUT2D eigenvalue weighted by Crippen LogP contribution is 2.33. The zero-order chi connectivity index (χ0) is 19.0. The van der Waals surface area contributed by atoms with E-state index in [1.165, 1.54) is 0 Å². The summed E-state index contributed by atoms with van der Waals surface area (Å²) >= 11 is 6.48. The highest BCUT2D eigenvalue weighted by atomic mass is 35.5. The van der Waals surface area contributed by atoms with Crippen LogP contribution in [-0.2, 0) is 7.05 Å². The third-order valence-electron chi connectivity index (χ3n) is 4.68. The lowest BCUT2D eigenvalue weighted by Gasteiger charge is -2.17. The first-order valence-corrected chi connectivity index (χ1v) is 9.37. The van der Waals surface area contributed by atoms with Crippen LogP contribution in [0, 0.1) is 18.8 Å². The minimum absolute atomic E-state index is 0.0742. The maximum atomic E-state index is 12.8. The van der Waals surface area contributed by atoms with Gasteiger partial charge >= 0.3 is 0 Å². The third kappa shape index (κ3) is 3.56. The van der Waals surface area contributed by atoms with E-state index in [0.717, 1.165) is 28.4 Å². The van der Waals surface area contributed by atoms with Crippen LogP contribution in [0.15, 0.2) is 29.2 Å². The van der Waals surface area contributed by atoms with Crippen LogP contribution < -0.4 is 10.3 Å². The van der Waals surface area contributed by atoms with Crippen molar-refractivity contribution in [2.24, 2.45) is 18.9 Å². The molecule has 0 aliphatic heterocycles. The molecule has 138 valence electrons. The number of hydrogen-bond donors (Lipinski definition) is 0. The maximum Gasteiger partial charge on any atom is 0.258 e. The molecule has 0 bridgehead atoms. The van der Waals surface area contributed by atoms with Crippen molar-refractivity contribution < 1.29 is 4.74 Å². The standard InChI is InChI=1S/C21H25ClN2O2/c1-12(2)6-13(3)11-26-20-9-17-15(8-18(20)22)16-7-14(4)23-10-19(16)24(5)21(17)25/h7-10,12-13H,6,11H2,1-5H3. The van der Waals surface area contributed by atoms with Crippen molar-refractivity contribution in [3.63, 3.8) is 0 Å². The number of nitrogens with zero attached hydrogens (tertiary/aromatic N) is 2. The molecule has 3 rings (SSSR count). The van der Waals surface area contributed by atoms with Gasteiger partial charge in [0.1, 0.15) is 5.75 Å². The Bertz CT molecular complexity index is 1020. The lowest BCUT2D eigenvalue weighted by Crippen LogP contribution is -2.18. The molecule has 0 N–H and O–H groups in total. The highest BCUT2D eigenvalue weighted by molar-refractivity contribution is 6.33. The number of halogens is 1. The maximum absolute atomic E-state index is 12.8. The van der Waals surface area contributed by atoms with Crippen LogP contribution in [0.1, 0.15) is 32.9 Å². The van der Waals surface area contributed by atoms with Crippen LogP contribution >= 0.6 is 11.6 Å². The first-order valence-electron chi connectivity index (χ1n) is 8.99. The normalized spacial score (nSPS) is 12.9. The molecule has 2 aromatic heterocycles. The average molecular weight is 373 g/mol. The van der Waals surface area contributed by atoms with Crippen molar-refractivity contribution >= 4 is 33.3 Å². The van der Waals surface area contributed by atoms with Crippen molar-refractivity contribution in [3.05, 3.63) is 45.5 Å². The van der Waals surface area contributed by atoms with Gasteiger partial charge in [0.2, 0.25) is 0 Å². The molecule has 0 spiro atoms. The van der Waals surface area contributed by atoms with Gasteiger partial charge in [-0.25, -0.2) is 0 Å². The van der Waals surface area contributed by atoms with E-state index >= 15 is 0 Å². The van der Waals surface area contributed by atoms with E-state index in [9.17, 15) is 4.79 Å². The SMILES string of the molecule is Cc1cc2c3cc(Cl)c(OCC(C)CC(C)C)cc3c(=O)n(C)c2cn1. The Kier molecular flexibility index (Phi) is 5.24. The highest BCUT2D eigenvalue weighted by Gasteiger charge is 2.14. The van der Waals surface area contributed by atoms with Crippen LogP contribution in [0.25, 0.3) is 21.7 Å². The minimum atomic E-state index is -0.0742. The molecule has 4 nitrogen and oxygen atoms in total. The second-order valence-electron chi connectivity index (χ2n) is 7.58. The molecule has 0 radical (unpaired) electrons. The van der Waals surface area contributed by atoms with Gasteiger partial charge in [-0.1, -0.05) is 32.4 Å². The van der Waals surface area contributed by atoms with Gasteiger partial charge < -0.3 is 9.30 Å². The van der Waals surface area contributed by atoms with Crippen molar-refractivity contribution in [3.8, 4) is 5.75 Å². The van der Waals surface area contributed by atoms with Gasteiger partial charge in [0, 0.05) is 18.1 Å². The lowest BCUT2D eigenvalue weighted by atomic mass is 10.00. The summed E-state index contributed by atoms with van der Waals surface area (Å²) in [6, 6.07) is 5.60. The van der Waals surface area contributed by atoms with Crippen LogP contribution in [0.2, 0.25) is 5.02 Å². The lowest BCUT2D eigenvalue weighted by molar-refractivity contribution is 0.239. The van der Waals surface area contributed by atoms with Crippen LogP contribution in [0.3, 0.4) is 0 Å². The van der Waals surface area contributed by atoms with Gasteiger partial charge in [0.25, 0.3) is 5.56 Å². The molecule has 0 aliphatic rings. The Hall–Kier alpha value is -2.07. The van der Waals surface area contributed by atoms with Gasteiger partial charge in [-0.3, -0.25) is 9.78 Å². The third-order valence-corrected chi connectivity index (χ3v) is 4.97. The smallest absolute Gasteiger partial charge is 0.258 e. The fraction of sp³-hybridized carbons (Fsp3) is 0.429. The van der Waals surface area contributed by atoms with Crippen molar-refractivity contribution in [2.75, 3.05) is 6.61 Å². The Morgan fingerprint density at radius 2 is 1.88 bits per heavy atom. The van der Waals surface area contributed by atoms with Crippen molar-refractivity contribution in [1.82, 2.24) is 9.55 Å². The summed E-state index contributed by atoms with van der Waals surface area (Å²) in [5.41, 5.74) is 1.62. The molecule has 1 atom stereocenters. The molecule has 0 fully saturated rings. The molecule has 1 unspecified atom stereocenters. The fourth-order valence-corrected chi connectivity index (χ4v) is 3.71. The molecule has 2 heterocycles. The summed E-state index contributed by atoms with van der Waals surface area (Å²) in [5, 5.41) is 2.94. The van der Waals surface area contributed by atoms with Gasteiger partial charge in [0.05, 0.1) is 28.7 Å². The van der Waals surface area contributed by atoms with Gasteiger partial charge in [-0.15, -0.1) is 0 Å². The summed E-state index contributed by atoms with van der Waals surface area (Å²) in [5.74, 6) is 1.61. The predicted molar refractivity (Wildman–Crippen MR) is 108 cm³/mol. The molecule has 0 saturated heterocycles. The number of ether oxygens (including phenoxy) is 1. The number of benzene rings is 1. The monoisotopic (exact) mass is 372 g/mol. The zero-order valence-electron chi connectivity index (χ0n) is 16.0. The molecule has 26 heavy (non-hydrogen) atoms. The fourth-order valence-electron chi connectivity index (χ4n) is 3.49. The summed E-state index contributed by atoms with van der Waals surface area (Å²) < 4.78 is 7.57. The molecule has 5 heteroatoms. The second-order valence-corrected chi connectivity index (χ2v) is 7.99. The molecule has 0 aliphatic carbocycles. The van der Waals surface area contributed by atoms with E-state index in [4.69, 9.17) is 16.3 Å². The second kappa shape index (κ2) is 7.28. The molecule has 3 aromatic rings. The van der Waals surface area contributed by atoms with E-state index in [1.807, 2.05) is 19.1 Å². The number of fused-ring (bicyclic) bond motifs is 3. The number of rotatable bonds is 5. The topological polar surface area (TPSA) is 44.1 Å². The Morgan fingerprint density at radius 3 is 2.58 bits per heavy atom. The van der Waals surface area contributed by atoms with Crippen molar-refractivity contribution in [2.45, 2.75) is 34.1 Å². The van der Waals surface area contributed by atoms with Crippen molar-refractivity contribution in [1.29, 1.82) is 0 Å².